The fourth-order valence-corrected chi connectivity index (χ4v) is 1.21. The number of rotatable bonds is 5. The highest BCUT2D eigenvalue weighted by Gasteiger charge is 2.16. The Balaban J connectivity index is 4.18. The number of nitrogens with one attached hydrogen (secondary N) is 2. The molecule has 5 heteroatoms. The first-order chi connectivity index (χ1) is 7.36. The molecule has 0 rings (SSSR count). The van der Waals surface area contributed by atoms with Gasteiger partial charge in [-0.25, -0.2) is 4.79 Å². The molecule has 0 atom stereocenters. The van der Waals surface area contributed by atoms with Gasteiger partial charge in [0.15, 0.2) is 0 Å². The van der Waals surface area contributed by atoms with Crippen LogP contribution in [0.4, 0.5) is 4.79 Å². The number of nitrogens with zero attached hydrogens (tertiary/aromatic N) is 1. The van der Waals surface area contributed by atoms with E-state index < -0.39 is 0 Å². The lowest BCUT2D eigenvalue weighted by Gasteiger charge is -2.22. The highest BCUT2D eigenvalue weighted by atomic mass is 16.2. The third-order valence-corrected chi connectivity index (χ3v) is 1.87. The molecule has 0 aliphatic heterocycles. The largest absolute Gasteiger partial charge is 0.352 e. The topological polar surface area (TPSA) is 61.4 Å². The molecular weight excluding hydrogens is 206 g/mol. The number of hydrogen-bond acceptors (Lipinski definition) is 2. The van der Waals surface area contributed by atoms with Crippen LogP contribution >= 0.6 is 0 Å². The van der Waals surface area contributed by atoms with E-state index in [4.69, 9.17) is 0 Å². The van der Waals surface area contributed by atoms with Crippen molar-refractivity contribution in [1.29, 1.82) is 0 Å². The molecule has 0 unspecified atom stereocenters. The van der Waals surface area contributed by atoms with E-state index in [9.17, 15) is 9.59 Å². The van der Waals surface area contributed by atoms with Gasteiger partial charge in [0.25, 0.3) is 0 Å². The van der Waals surface area contributed by atoms with Crippen LogP contribution in [0.5, 0.6) is 0 Å². The minimum Gasteiger partial charge on any atom is -0.352 e. The Hall–Kier alpha value is -1.26. The fraction of sp³-hybridized carbons (Fsp3) is 0.818. The molecule has 0 aromatic heterocycles. The summed E-state index contributed by atoms with van der Waals surface area (Å²) >= 11 is 0. The van der Waals surface area contributed by atoms with E-state index in [1.165, 1.54) is 4.90 Å². The molecule has 5 nitrogen and oxygen atoms in total. The average Bonchev–Trinajstić information content (AvgIpc) is 2.11. The molecule has 16 heavy (non-hydrogen) atoms. The summed E-state index contributed by atoms with van der Waals surface area (Å²) in [7, 11) is 0. The second-order valence-electron chi connectivity index (χ2n) is 4.34. The van der Waals surface area contributed by atoms with E-state index in [2.05, 4.69) is 10.6 Å². The van der Waals surface area contributed by atoms with Crippen molar-refractivity contribution in [2.45, 2.75) is 46.7 Å². The molecule has 2 N–H and O–H groups in total. The number of amides is 3. The molecule has 0 heterocycles. The van der Waals surface area contributed by atoms with Crippen LogP contribution < -0.4 is 10.6 Å². The molecule has 0 saturated heterocycles. The van der Waals surface area contributed by atoms with E-state index in [0.29, 0.717) is 6.54 Å². The van der Waals surface area contributed by atoms with Crippen LogP contribution in [-0.4, -0.2) is 42.0 Å². The Kier molecular flexibility index (Phi) is 6.53. The van der Waals surface area contributed by atoms with E-state index in [1.54, 1.807) is 0 Å². The quantitative estimate of drug-likeness (QED) is 0.737. The zero-order valence-electron chi connectivity index (χ0n) is 10.8. The molecule has 0 fully saturated rings. The molecule has 0 radical (unpaired) electrons. The average molecular weight is 229 g/mol. The van der Waals surface area contributed by atoms with E-state index >= 15 is 0 Å². The maximum absolute atomic E-state index is 11.6. The summed E-state index contributed by atoms with van der Waals surface area (Å²) in [5.74, 6) is -0.129. The molecule has 0 aromatic rings. The third-order valence-electron chi connectivity index (χ3n) is 1.87. The zero-order valence-corrected chi connectivity index (χ0v) is 10.8. The first kappa shape index (κ1) is 14.7. The predicted molar refractivity (Wildman–Crippen MR) is 64.2 cm³/mol. The molecule has 0 saturated carbocycles. The first-order valence-electron chi connectivity index (χ1n) is 5.71. The van der Waals surface area contributed by atoms with Gasteiger partial charge in [-0.1, -0.05) is 0 Å². The van der Waals surface area contributed by atoms with Crippen LogP contribution in [0, 0.1) is 0 Å². The summed E-state index contributed by atoms with van der Waals surface area (Å²) < 4.78 is 0. The van der Waals surface area contributed by atoms with Gasteiger partial charge in [0.05, 0.1) is 0 Å². The SMILES string of the molecule is CCN(CC(=O)NC(C)C)C(=O)NC(C)C. The van der Waals surface area contributed by atoms with E-state index in [-0.39, 0.29) is 30.6 Å². The van der Waals surface area contributed by atoms with Crippen LogP contribution in [-0.2, 0) is 4.79 Å². The van der Waals surface area contributed by atoms with Crippen molar-refractivity contribution in [2.24, 2.45) is 0 Å². The van der Waals surface area contributed by atoms with Gasteiger partial charge < -0.3 is 15.5 Å². The summed E-state index contributed by atoms with van der Waals surface area (Å²) in [6.07, 6.45) is 0. The Morgan fingerprint density at radius 2 is 1.56 bits per heavy atom. The van der Waals surface area contributed by atoms with Crippen molar-refractivity contribution in [2.75, 3.05) is 13.1 Å². The van der Waals surface area contributed by atoms with Crippen LogP contribution in [0.2, 0.25) is 0 Å². The van der Waals surface area contributed by atoms with Gasteiger partial charge in [0.1, 0.15) is 6.54 Å². The Morgan fingerprint density at radius 3 is 1.94 bits per heavy atom. The third kappa shape index (κ3) is 6.27. The van der Waals surface area contributed by atoms with E-state index in [0.717, 1.165) is 0 Å². The maximum atomic E-state index is 11.6. The van der Waals surface area contributed by atoms with E-state index in [1.807, 2.05) is 34.6 Å². The van der Waals surface area contributed by atoms with Gasteiger partial charge in [-0.05, 0) is 34.6 Å². The van der Waals surface area contributed by atoms with Gasteiger partial charge in [-0.15, -0.1) is 0 Å². The lowest BCUT2D eigenvalue weighted by molar-refractivity contribution is -0.122. The Bertz CT molecular complexity index is 239. The lowest BCUT2D eigenvalue weighted by Crippen LogP contribution is -2.48. The molecule has 0 aliphatic rings. The monoisotopic (exact) mass is 229 g/mol. The van der Waals surface area contributed by atoms with Gasteiger partial charge in [0, 0.05) is 18.6 Å². The lowest BCUT2D eigenvalue weighted by atomic mass is 10.3. The standard InChI is InChI=1S/C11H23N3O2/c1-6-14(11(16)13-9(4)5)7-10(15)12-8(2)3/h8-9H,6-7H2,1-5H3,(H,12,15)(H,13,16). The van der Waals surface area contributed by atoms with Crippen LogP contribution in [0.3, 0.4) is 0 Å². The first-order valence-corrected chi connectivity index (χ1v) is 5.71. The molecule has 94 valence electrons. The second kappa shape index (κ2) is 7.09. The van der Waals surface area contributed by atoms with Crippen molar-refractivity contribution >= 4 is 11.9 Å². The number of likely N-dealkylation sites (N-methyl/N-ethyl adjacent to an activating group) is 1. The molecule has 0 aliphatic carbocycles. The minimum atomic E-state index is -0.198. The fourth-order valence-electron chi connectivity index (χ4n) is 1.21. The van der Waals surface area contributed by atoms with Crippen molar-refractivity contribution < 1.29 is 9.59 Å². The summed E-state index contributed by atoms with van der Waals surface area (Å²) in [5.41, 5.74) is 0. The number of hydrogen-bond donors (Lipinski definition) is 2. The molecule has 3 amide bonds. The Labute approximate surface area is 97.6 Å². The van der Waals surface area contributed by atoms with Crippen LogP contribution in [0.25, 0.3) is 0 Å². The summed E-state index contributed by atoms with van der Waals surface area (Å²) in [6.45, 7) is 10.0. The minimum absolute atomic E-state index is 0.0784. The van der Waals surface area contributed by atoms with Crippen molar-refractivity contribution in [1.82, 2.24) is 15.5 Å². The summed E-state index contributed by atoms with van der Waals surface area (Å²) in [4.78, 5) is 24.6. The normalized spacial score (nSPS) is 10.4. The van der Waals surface area contributed by atoms with Crippen LogP contribution in [0.1, 0.15) is 34.6 Å². The van der Waals surface area contributed by atoms with Gasteiger partial charge >= 0.3 is 6.03 Å². The number of carbonyl (C=O) groups excluding carboxylic acids is 2. The van der Waals surface area contributed by atoms with Gasteiger partial charge in [-0.2, -0.15) is 0 Å². The van der Waals surface area contributed by atoms with Gasteiger partial charge in [0.2, 0.25) is 5.91 Å². The van der Waals surface area contributed by atoms with Crippen LogP contribution in [0.15, 0.2) is 0 Å². The summed E-state index contributed by atoms with van der Waals surface area (Å²) in [6, 6.07) is -0.0227. The van der Waals surface area contributed by atoms with Crippen molar-refractivity contribution in [3.05, 3.63) is 0 Å². The predicted octanol–water partition coefficient (Wildman–Crippen LogP) is 0.951. The van der Waals surface area contributed by atoms with Crippen molar-refractivity contribution in [3.8, 4) is 0 Å². The Morgan fingerprint density at radius 1 is 1.06 bits per heavy atom. The highest BCUT2D eigenvalue weighted by Crippen LogP contribution is 1.91. The molecular formula is C11H23N3O2. The van der Waals surface area contributed by atoms with Gasteiger partial charge in [-0.3, -0.25) is 4.79 Å². The number of carbonyl (C=O) groups is 2. The highest BCUT2D eigenvalue weighted by molar-refractivity contribution is 5.84. The maximum Gasteiger partial charge on any atom is 0.318 e. The molecule has 0 spiro atoms. The zero-order chi connectivity index (χ0) is 12.7. The smallest absolute Gasteiger partial charge is 0.318 e. The number of urea groups is 1. The summed E-state index contributed by atoms with van der Waals surface area (Å²) in [5, 5.41) is 5.51. The second-order valence-corrected chi connectivity index (χ2v) is 4.34. The molecule has 0 bridgehead atoms. The van der Waals surface area contributed by atoms with Crippen molar-refractivity contribution in [3.63, 3.8) is 0 Å². The molecule has 0 aromatic carbocycles.